The van der Waals surface area contributed by atoms with E-state index in [1.54, 1.807) is 36.4 Å². The first kappa shape index (κ1) is 15.9. The van der Waals surface area contributed by atoms with Gasteiger partial charge in [0, 0.05) is 22.4 Å². The summed E-state index contributed by atoms with van der Waals surface area (Å²) in [5.74, 6) is 0.328. The molecule has 0 spiro atoms. The van der Waals surface area contributed by atoms with Crippen molar-refractivity contribution < 1.29 is 9.53 Å². The van der Waals surface area contributed by atoms with E-state index in [0.29, 0.717) is 28.1 Å². The number of hydrogen-bond acceptors (Lipinski definition) is 5. The van der Waals surface area contributed by atoms with Crippen LogP contribution < -0.4 is 10.5 Å². The molecule has 0 radical (unpaired) electrons. The molecule has 0 saturated carbocycles. The number of benzene rings is 2. The normalized spacial score (nSPS) is 11.5. The van der Waals surface area contributed by atoms with Gasteiger partial charge in [0.1, 0.15) is 11.0 Å². The number of nitrogen functional groups attached to an aromatic ring is 1. The number of methoxy groups -OCH3 is 1. The lowest BCUT2D eigenvalue weighted by Gasteiger charge is -2.15. The van der Waals surface area contributed by atoms with Crippen molar-refractivity contribution in [2.45, 2.75) is 5.25 Å². The molecule has 0 aromatic heterocycles. The minimum Gasteiger partial charge on any atom is -0.497 e. The summed E-state index contributed by atoms with van der Waals surface area (Å²) in [7, 11) is 1.52. The summed E-state index contributed by atoms with van der Waals surface area (Å²) in [6.07, 6.45) is 1.82. The highest BCUT2D eigenvalue weighted by Crippen LogP contribution is 2.36. The molecule has 112 valence electrons. The molecule has 1 atom stereocenters. The Morgan fingerprint density at radius 1 is 1.32 bits per heavy atom. The van der Waals surface area contributed by atoms with Gasteiger partial charge in [0.05, 0.1) is 13.2 Å². The topological polar surface area (TPSA) is 76.1 Å². The van der Waals surface area contributed by atoms with Crippen molar-refractivity contribution in [1.82, 2.24) is 0 Å². The molecule has 0 aliphatic heterocycles. The predicted octanol–water partition coefficient (Wildman–Crippen LogP) is 3.44. The highest BCUT2D eigenvalue weighted by Gasteiger charge is 2.21. The van der Waals surface area contributed by atoms with E-state index in [2.05, 4.69) is 6.07 Å². The zero-order valence-electron chi connectivity index (χ0n) is 12.4. The standard InChI is InChI=1S/C17H16N2O2S/c1-21-12-8-13(15(10-18)22-2)16(19)14(9-12)17(20)11-6-4-3-5-7-11/h3-9,15H,19H2,1-2H3. The number of hydrogen-bond donors (Lipinski definition) is 1. The van der Waals surface area contributed by atoms with E-state index < -0.39 is 5.25 Å². The monoisotopic (exact) mass is 312 g/mol. The van der Waals surface area contributed by atoms with Crippen molar-refractivity contribution in [2.75, 3.05) is 19.1 Å². The Hall–Kier alpha value is -2.45. The van der Waals surface area contributed by atoms with E-state index >= 15 is 0 Å². The maximum Gasteiger partial charge on any atom is 0.195 e. The number of nitrogens with zero attached hydrogens (tertiary/aromatic N) is 1. The van der Waals surface area contributed by atoms with Crippen LogP contribution in [0.1, 0.15) is 26.7 Å². The molecule has 0 amide bonds. The van der Waals surface area contributed by atoms with Gasteiger partial charge in [-0.3, -0.25) is 4.79 Å². The van der Waals surface area contributed by atoms with Gasteiger partial charge in [0.25, 0.3) is 0 Å². The molecule has 0 aliphatic rings. The van der Waals surface area contributed by atoms with E-state index in [-0.39, 0.29) is 5.78 Å². The third-order valence-electron chi connectivity index (χ3n) is 3.34. The molecule has 0 heterocycles. The van der Waals surface area contributed by atoms with Crippen LogP contribution in [0, 0.1) is 11.3 Å². The lowest BCUT2D eigenvalue weighted by molar-refractivity contribution is 0.103. The van der Waals surface area contributed by atoms with Crippen LogP contribution in [0.3, 0.4) is 0 Å². The van der Waals surface area contributed by atoms with Crippen molar-refractivity contribution in [1.29, 1.82) is 5.26 Å². The SMILES string of the molecule is COc1cc(C(=O)c2ccccc2)c(N)c(C(C#N)SC)c1. The number of thioether (sulfide) groups is 1. The summed E-state index contributed by atoms with van der Waals surface area (Å²) in [5.41, 5.74) is 7.99. The first-order chi connectivity index (χ1) is 10.6. The summed E-state index contributed by atoms with van der Waals surface area (Å²) >= 11 is 1.36. The van der Waals surface area contributed by atoms with Gasteiger partial charge in [0.15, 0.2) is 5.78 Å². The summed E-state index contributed by atoms with van der Waals surface area (Å²) < 4.78 is 5.25. The van der Waals surface area contributed by atoms with Crippen LogP contribution in [0.15, 0.2) is 42.5 Å². The third-order valence-corrected chi connectivity index (χ3v) is 4.17. The molecule has 2 aromatic rings. The van der Waals surface area contributed by atoms with Crippen molar-refractivity contribution in [3.8, 4) is 11.8 Å². The number of carbonyl (C=O) groups is 1. The molecule has 0 bridgehead atoms. The van der Waals surface area contributed by atoms with Crippen LogP contribution in [0.25, 0.3) is 0 Å². The molecule has 0 saturated heterocycles. The van der Waals surface area contributed by atoms with Gasteiger partial charge >= 0.3 is 0 Å². The van der Waals surface area contributed by atoms with Crippen LogP contribution in [0.4, 0.5) is 5.69 Å². The lowest BCUT2D eigenvalue weighted by atomic mass is 9.97. The fourth-order valence-corrected chi connectivity index (χ4v) is 2.72. The van der Waals surface area contributed by atoms with Gasteiger partial charge in [-0.2, -0.15) is 5.26 Å². The van der Waals surface area contributed by atoms with Crippen LogP contribution in [-0.2, 0) is 0 Å². The van der Waals surface area contributed by atoms with Gasteiger partial charge in [-0.25, -0.2) is 0 Å². The Bertz CT molecular complexity index is 723. The summed E-state index contributed by atoms with van der Waals surface area (Å²) in [6, 6.07) is 14.4. The van der Waals surface area contributed by atoms with E-state index in [1.807, 2.05) is 12.3 Å². The van der Waals surface area contributed by atoms with Gasteiger partial charge in [0.2, 0.25) is 0 Å². The van der Waals surface area contributed by atoms with E-state index in [4.69, 9.17) is 10.5 Å². The minimum atomic E-state index is -0.447. The fourth-order valence-electron chi connectivity index (χ4n) is 2.17. The molecule has 4 nitrogen and oxygen atoms in total. The van der Waals surface area contributed by atoms with E-state index in [1.165, 1.54) is 18.9 Å². The number of ketones is 1. The maximum absolute atomic E-state index is 12.7. The quantitative estimate of drug-likeness (QED) is 0.676. The Balaban J connectivity index is 2.59. The van der Waals surface area contributed by atoms with Gasteiger partial charge in [-0.05, 0) is 18.4 Å². The molecule has 1 unspecified atom stereocenters. The highest BCUT2D eigenvalue weighted by molar-refractivity contribution is 7.99. The molecule has 22 heavy (non-hydrogen) atoms. The van der Waals surface area contributed by atoms with Gasteiger partial charge < -0.3 is 10.5 Å². The molecular weight excluding hydrogens is 296 g/mol. The van der Waals surface area contributed by atoms with Crippen LogP contribution in [0.5, 0.6) is 5.75 Å². The van der Waals surface area contributed by atoms with Crippen molar-refractivity contribution in [3.05, 3.63) is 59.2 Å². The Kier molecular flexibility index (Phi) is 5.08. The number of anilines is 1. The van der Waals surface area contributed by atoms with Crippen LogP contribution in [0.2, 0.25) is 0 Å². The summed E-state index contributed by atoms with van der Waals surface area (Å²) in [6.45, 7) is 0. The number of nitrogens with two attached hydrogens (primary N) is 1. The first-order valence-electron chi connectivity index (χ1n) is 6.62. The largest absolute Gasteiger partial charge is 0.497 e. The highest BCUT2D eigenvalue weighted by atomic mass is 32.2. The Morgan fingerprint density at radius 3 is 2.55 bits per heavy atom. The smallest absolute Gasteiger partial charge is 0.195 e. The van der Waals surface area contributed by atoms with Gasteiger partial charge in [-0.15, -0.1) is 11.8 Å². The molecule has 2 N–H and O–H groups in total. The zero-order valence-corrected chi connectivity index (χ0v) is 13.2. The van der Waals surface area contributed by atoms with Crippen molar-refractivity contribution in [2.24, 2.45) is 0 Å². The average Bonchev–Trinajstić information content (AvgIpc) is 2.57. The second kappa shape index (κ2) is 7.01. The molecule has 0 fully saturated rings. The molecule has 0 aliphatic carbocycles. The van der Waals surface area contributed by atoms with E-state index in [0.717, 1.165) is 0 Å². The number of carbonyl (C=O) groups excluding carboxylic acids is 1. The molecule has 2 rings (SSSR count). The average molecular weight is 312 g/mol. The second-order valence-corrected chi connectivity index (χ2v) is 5.56. The Labute approximate surface area is 133 Å². The number of rotatable bonds is 5. The predicted molar refractivity (Wildman–Crippen MR) is 89.1 cm³/mol. The Morgan fingerprint density at radius 2 is 2.00 bits per heavy atom. The maximum atomic E-state index is 12.7. The number of ether oxygens (including phenoxy) is 1. The molecular formula is C17H16N2O2S. The number of nitriles is 1. The van der Waals surface area contributed by atoms with Crippen LogP contribution in [-0.4, -0.2) is 19.1 Å². The van der Waals surface area contributed by atoms with Crippen molar-refractivity contribution in [3.63, 3.8) is 0 Å². The second-order valence-electron chi connectivity index (χ2n) is 4.62. The molecule has 2 aromatic carbocycles. The first-order valence-corrected chi connectivity index (χ1v) is 7.90. The van der Waals surface area contributed by atoms with E-state index in [9.17, 15) is 10.1 Å². The van der Waals surface area contributed by atoms with Crippen LogP contribution >= 0.6 is 11.8 Å². The summed E-state index contributed by atoms with van der Waals surface area (Å²) in [5, 5.41) is 8.82. The summed E-state index contributed by atoms with van der Waals surface area (Å²) in [4.78, 5) is 12.7. The third kappa shape index (κ3) is 3.07. The van der Waals surface area contributed by atoms with Gasteiger partial charge in [-0.1, -0.05) is 30.3 Å². The van der Waals surface area contributed by atoms with Crippen molar-refractivity contribution >= 4 is 23.2 Å². The lowest BCUT2D eigenvalue weighted by Crippen LogP contribution is -2.09. The fraction of sp³-hybridized carbons (Fsp3) is 0.176. The zero-order chi connectivity index (χ0) is 16.1. The molecule has 5 heteroatoms. The minimum absolute atomic E-state index is 0.184.